The Morgan fingerprint density at radius 2 is 1.91 bits per heavy atom. The van der Waals surface area contributed by atoms with Gasteiger partial charge in [-0.3, -0.25) is 9.36 Å². The highest BCUT2D eigenvalue weighted by Gasteiger charge is 2.18. The number of nitrogens with one attached hydrogen (secondary N) is 2. The Balaban J connectivity index is 1.44. The molecule has 0 radical (unpaired) electrons. The Morgan fingerprint density at radius 1 is 1.12 bits per heavy atom. The van der Waals surface area contributed by atoms with Crippen LogP contribution in [0.1, 0.15) is 44.0 Å². The molecule has 1 amide bonds. The fourth-order valence-corrected chi connectivity index (χ4v) is 4.59. The van der Waals surface area contributed by atoms with Crippen LogP contribution in [0.15, 0.2) is 64.9 Å². The van der Waals surface area contributed by atoms with E-state index in [-0.39, 0.29) is 11.7 Å². The van der Waals surface area contributed by atoms with E-state index in [0.717, 1.165) is 42.2 Å². The summed E-state index contributed by atoms with van der Waals surface area (Å²) in [6, 6.07) is 18.2. The lowest BCUT2D eigenvalue weighted by atomic mass is 9.89. The minimum absolute atomic E-state index is 0.132. The summed E-state index contributed by atoms with van der Waals surface area (Å²) in [4.78, 5) is 12.4. The second-order valence-corrected chi connectivity index (χ2v) is 9.31. The Labute approximate surface area is 199 Å². The third-order valence-corrected chi connectivity index (χ3v) is 6.69. The van der Waals surface area contributed by atoms with Gasteiger partial charge in [-0.05, 0) is 56.4 Å². The minimum Gasteiger partial charge on any atom is -0.378 e. The van der Waals surface area contributed by atoms with Crippen molar-refractivity contribution in [1.29, 1.82) is 0 Å². The normalized spacial score (nSPS) is 17.2. The summed E-state index contributed by atoms with van der Waals surface area (Å²) in [6.45, 7) is 4.76. The zero-order valence-electron chi connectivity index (χ0n) is 19.1. The first-order valence-electron chi connectivity index (χ1n) is 11.4. The summed E-state index contributed by atoms with van der Waals surface area (Å²) in [7, 11) is 0. The topological polar surface area (TPSA) is 84.2 Å². The van der Waals surface area contributed by atoms with Crippen LogP contribution in [0.25, 0.3) is 5.69 Å². The van der Waals surface area contributed by atoms with Gasteiger partial charge in [-0.2, -0.15) is 5.10 Å². The molecule has 1 heterocycles. The van der Waals surface area contributed by atoms with Crippen LogP contribution in [0.4, 0.5) is 5.69 Å². The smallest absolute Gasteiger partial charge is 0.250 e. The van der Waals surface area contributed by atoms with Crippen molar-refractivity contribution in [2.45, 2.75) is 51.2 Å². The van der Waals surface area contributed by atoms with Gasteiger partial charge in [-0.1, -0.05) is 61.0 Å². The van der Waals surface area contributed by atoms with Gasteiger partial charge < -0.3 is 5.32 Å². The Morgan fingerprint density at radius 3 is 2.67 bits per heavy atom. The molecule has 33 heavy (non-hydrogen) atoms. The number of aromatic nitrogens is 3. The molecule has 1 saturated carbocycles. The lowest BCUT2D eigenvalue weighted by Gasteiger charge is -2.19. The van der Waals surface area contributed by atoms with Crippen molar-refractivity contribution < 1.29 is 4.79 Å². The molecule has 1 aromatic heterocycles. The molecule has 0 spiro atoms. The molecule has 172 valence electrons. The van der Waals surface area contributed by atoms with E-state index in [0.29, 0.717) is 17.6 Å². The summed E-state index contributed by atoms with van der Waals surface area (Å²) >= 11 is 1.36. The average Bonchev–Trinajstić information content (AvgIpc) is 3.25. The van der Waals surface area contributed by atoms with Gasteiger partial charge in [0.05, 0.1) is 12.3 Å². The quantitative estimate of drug-likeness (QED) is 0.365. The monoisotopic (exact) mass is 462 g/mol. The second kappa shape index (κ2) is 11.1. The number of amides is 1. The van der Waals surface area contributed by atoms with Crippen LogP contribution < -0.4 is 10.7 Å². The van der Waals surface area contributed by atoms with E-state index in [1.165, 1.54) is 23.7 Å². The summed E-state index contributed by atoms with van der Waals surface area (Å²) in [5.41, 5.74) is 7.02. The van der Waals surface area contributed by atoms with Crippen LogP contribution >= 0.6 is 11.8 Å². The number of benzene rings is 2. The van der Waals surface area contributed by atoms with E-state index in [9.17, 15) is 4.79 Å². The molecule has 2 N–H and O–H groups in total. The van der Waals surface area contributed by atoms with Crippen molar-refractivity contribution in [2.75, 3.05) is 11.1 Å². The molecule has 0 aliphatic heterocycles. The number of para-hydroxylation sites is 1. The van der Waals surface area contributed by atoms with Gasteiger partial charge in [-0.15, -0.1) is 10.2 Å². The summed E-state index contributed by atoms with van der Waals surface area (Å²) in [6.07, 6.45) is 4.49. The molecular formula is C25H30N6OS. The first-order valence-corrected chi connectivity index (χ1v) is 12.4. The Bertz CT molecular complexity index is 1090. The zero-order chi connectivity index (χ0) is 23.0. The second-order valence-electron chi connectivity index (χ2n) is 8.36. The molecule has 1 aliphatic carbocycles. The first kappa shape index (κ1) is 23.0. The molecule has 7 nitrogen and oxygen atoms in total. The van der Waals surface area contributed by atoms with E-state index in [2.05, 4.69) is 52.0 Å². The SMILES string of the molecule is Cc1ccc(NCc2nnc(SCC(=O)N/N=C3\CCCC[C@H]3C)n2-c2ccccc2)cc1. The predicted molar refractivity (Wildman–Crippen MR) is 134 cm³/mol. The molecule has 8 heteroatoms. The molecule has 1 aliphatic rings. The summed E-state index contributed by atoms with van der Waals surface area (Å²) < 4.78 is 1.99. The number of hydrogen-bond acceptors (Lipinski definition) is 6. The molecule has 4 rings (SSSR count). The van der Waals surface area contributed by atoms with Gasteiger partial charge in [0.2, 0.25) is 0 Å². The number of anilines is 1. The summed E-state index contributed by atoms with van der Waals surface area (Å²) in [5, 5.41) is 17.2. The van der Waals surface area contributed by atoms with Crippen molar-refractivity contribution in [1.82, 2.24) is 20.2 Å². The molecule has 3 aromatic rings. The van der Waals surface area contributed by atoms with Gasteiger partial charge in [-0.25, -0.2) is 5.43 Å². The van der Waals surface area contributed by atoms with Crippen LogP contribution in [-0.2, 0) is 11.3 Å². The lowest BCUT2D eigenvalue weighted by molar-refractivity contribution is -0.118. The largest absolute Gasteiger partial charge is 0.378 e. The van der Waals surface area contributed by atoms with E-state index in [1.807, 2.05) is 47.0 Å². The standard InChI is InChI=1S/C25H30N6OS/c1-18-12-14-20(15-13-18)26-16-23-28-30-25(31(23)21-9-4-3-5-10-21)33-17-24(32)29-27-22-11-7-6-8-19(22)2/h3-5,9-10,12-15,19,26H,6-8,11,16-17H2,1-2H3,(H,29,32)/b27-22+/t19-/m1/s1. The molecule has 1 atom stereocenters. The van der Waals surface area contributed by atoms with Crippen LogP contribution in [0.5, 0.6) is 0 Å². The van der Waals surface area contributed by atoms with Crippen LogP contribution in [0, 0.1) is 12.8 Å². The molecule has 0 saturated heterocycles. The van der Waals surface area contributed by atoms with E-state index in [1.54, 1.807) is 0 Å². The number of thioether (sulfide) groups is 1. The van der Waals surface area contributed by atoms with Crippen molar-refractivity contribution >= 4 is 29.1 Å². The van der Waals surface area contributed by atoms with Gasteiger partial charge in [0.25, 0.3) is 5.91 Å². The lowest BCUT2D eigenvalue weighted by Crippen LogP contribution is -2.25. The maximum absolute atomic E-state index is 12.4. The predicted octanol–water partition coefficient (Wildman–Crippen LogP) is 4.96. The highest BCUT2D eigenvalue weighted by molar-refractivity contribution is 7.99. The number of aryl methyl sites for hydroxylation is 1. The highest BCUT2D eigenvalue weighted by Crippen LogP contribution is 2.23. The van der Waals surface area contributed by atoms with Crippen LogP contribution in [0.2, 0.25) is 0 Å². The van der Waals surface area contributed by atoms with Gasteiger partial charge >= 0.3 is 0 Å². The number of carbonyl (C=O) groups is 1. The number of nitrogens with zero attached hydrogens (tertiary/aromatic N) is 4. The zero-order valence-corrected chi connectivity index (χ0v) is 19.9. The first-order chi connectivity index (χ1) is 16.1. The molecule has 0 unspecified atom stereocenters. The van der Waals surface area contributed by atoms with Crippen LogP contribution in [-0.4, -0.2) is 32.1 Å². The highest BCUT2D eigenvalue weighted by atomic mass is 32.2. The average molecular weight is 463 g/mol. The number of hydrazone groups is 1. The van der Waals surface area contributed by atoms with Gasteiger partial charge in [0.15, 0.2) is 11.0 Å². The van der Waals surface area contributed by atoms with Crippen LogP contribution in [0.3, 0.4) is 0 Å². The van der Waals surface area contributed by atoms with E-state index in [4.69, 9.17) is 0 Å². The minimum atomic E-state index is -0.132. The Hall–Kier alpha value is -3.13. The third-order valence-electron chi connectivity index (χ3n) is 5.76. The fourth-order valence-electron chi connectivity index (χ4n) is 3.83. The maximum Gasteiger partial charge on any atom is 0.250 e. The Kier molecular flexibility index (Phi) is 7.78. The molecule has 1 fully saturated rings. The molecular weight excluding hydrogens is 432 g/mol. The van der Waals surface area contributed by atoms with Crippen molar-refractivity contribution in [3.8, 4) is 5.69 Å². The number of rotatable bonds is 8. The van der Waals surface area contributed by atoms with Crippen molar-refractivity contribution in [3.63, 3.8) is 0 Å². The number of carbonyl (C=O) groups excluding carboxylic acids is 1. The third kappa shape index (κ3) is 6.22. The molecule has 0 bridgehead atoms. The van der Waals surface area contributed by atoms with Crippen molar-refractivity contribution in [3.05, 3.63) is 66.0 Å². The van der Waals surface area contributed by atoms with Crippen molar-refractivity contribution in [2.24, 2.45) is 11.0 Å². The summed E-state index contributed by atoms with van der Waals surface area (Å²) in [5.74, 6) is 1.31. The molecule has 2 aromatic carbocycles. The maximum atomic E-state index is 12.4. The van der Waals surface area contributed by atoms with Gasteiger partial charge in [0, 0.05) is 17.1 Å². The van der Waals surface area contributed by atoms with Gasteiger partial charge in [0.1, 0.15) is 0 Å². The van der Waals surface area contributed by atoms with E-state index < -0.39 is 0 Å². The van der Waals surface area contributed by atoms with E-state index >= 15 is 0 Å². The fraction of sp³-hybridized carbons (Fsp3) is 0.360. The number of hydrogen-bond donors (Lipinski definition) is 2.